The summed E-state index contributed by atoms with van der Waals surface area (Å²) in [5.41, 5.74) is -5.05. The first-order chi connectivity index (χ1) is 12.8. The molecule has 0 N–H and O–H groups in total. The summed E-state index contributed by atoms with van der Waals surface area (Å²) in [5.74, 6) is -0.114. The van der Waals surface area contributed by atoms with Gasteiger partial charge in [0.25, 0.3) is 0 Å². The first kappa shape index (κ1) is 22.5. The number of carbonyl (C=O) groups excluding carboxylic acids is 1. The van der Waals surface area contributed by atoms with Crippen molar-refractivity contribution in [1.82, 2.24) is 0 Å². The van der Waals surface area contributed by atoms with Crippen molar-refractivity contribution in [2.24, 2.45) is 5.92 Å². The van der Waals surface area contributed by atoms with E-state index in [-0.39, 0.29) is 23.6 Å². The molecule has 5 nitrogen and oxygen atoms in total. The lowest BCUT2D eigenvalue weighted by atomic mass is 9.77. The number of halogens is 3. The number of ether oxygens (including phenoxy) is 1. The van der Waals surface area contributed by atoms with Crippen LogP contribution in [0.3, 0.4) is 0 Å². The molecule has 2 rings (SSSR count). The predicted molar refractivity (Wildman–Crippen MR) is 97.2 cm³/mol. The SMILES string of the molecule is CC(C)(C)OC(=O)CC1CCC(c2ccc(OS(=O)(=O)C(F)(F)F)cc2)CC1. The van der Waals surface area contributed by atoms with Crippen LogP contribution in [0, 0.1) is 5.92 Å². The number of benzene rings is 1. The molecule has 0 heterocycles. The lowest BCUT2D eigenvalue weighted by Crippen LogP contribution is -2.28. The molecule has 1 aliphatic carbocycles. The molecule has 0 radical (unpaired) electrons. The van der Waals surface area contributed by atoms with Gasteiger partial charge in [-0.2, -0.15) is 21.6 Å². The molecule has 1 fully saturated rings. The van der Waals surface area contributed by atoms with Gasteiger partial charge in [0.2, 0.25) is 0 Å². The van der Waals surface area contributed by atoms with Crippen molar-refractivity contribution in [2.45, 2.75) is 69.9 Å². The van der Waals surface area contributed by atoms with Gasteiger partial charge in [-0.1, -0.05) is 12.1 Å². The minimum Gasteiger partial charge on any atom is -0.460 e. The van der Waals surface area contributed by atoms with Gasteiger partial charge in [0.1, 0.15) is 11.4 Å². The minimum atomic E-state index is -5.66. The third-order valence-corrected chi connectivity index (χ3v) is 5.54. The third kappa shape index (κ3) is 6.39. The van der Waals surface area contributed by atoms with Crippen molar-refractivity contribution in [2.75, 3.05) is 0 Å². The Kier molecular flexibility index (Phi) is 6.68. The fraction of sp³-hybridized carbons (Fsp3) is 0.632. The second kappa shape index (κ2) is 8.31. The van der Waals surface area contributed by atoms with E-state index in [4.69, 9.17) is 4.74 Å². The van der Waals surface area contributed by atoms with Crippen LogP contribution in [-0.4, -0.2) is 25.5 Å². The number of rotatable bonds is 5. The molecule has 28 heavy (non-hydrogen) atoms. The average Bonchev–Trinajstić information content (AvgIpc) is 2.53. The van der Waals surface area contributed by atoms with E-state index in [0.29, 0.717) is 6.42 Å². The van der Waals surface area contributed by atoms with Crippen LogP contribution in [0.1, 0.15) is 64.4 Å². The van der Waals surface area contributed by atoms with E-state index in [1.54, 1.807) is 12.1 Å². The average molecular weight is 422 g/mol. The Balaban J connectivity index is 1.89. The van der Waals surface area contributed by atoms with Gasteiger partial charge in [0.15, 0.2) is 0 Å². The molecular weight excluding hydrogens is 397 g/mol. The summed E-state index contributed by atoms with van der Waals surface area (Å²) >= 11 is 0. The molecule has 0 atom stereocenters. The number of hydrogen-bond acceptors (Lipinski definition) is 5. The van der Waals surface area contributed by atoms with Crippen LogP contribution in [-0.2, 0) is 19.6 Å². The van der Waals surface area contributed by atoms with Crippen molar-refractivity contribution in [1.29, 1.82) is 0 Å². The first-order valence-electron chi connectivity index (χ1n) is 9.09. The number of hydrogen-bond donors (Lipinski definition) is 0. The second-order valence-corrected chi connectivity index (χ2v) is 9.60. The summed E-state index contributed by atoms with van der Waals surface area (Å²) in [6.45, 7) is 5.49. The van der Waals surface area contributed by atoms with E-state index in [2.05, 4.69) is 4.18 Å². The Hall–Kier alpha value is -1.77. The van der Waals surface area contributed by atoms with Gasteiger partial charge in [0.05, 0.1) is 0 Å². The van der Waals surface area contributed by atoms with Crippen molar-refractivity contribution in [3.8, 4) is 5.75 Å². The fourth-order valence-corrected chi connectivity index (χ4v) is 3.75. The van der Waals surface area contributed by atoms with Crippen LogP contribution < -0.4 is 4.18 Å². The molecule has 9 heteroatoms. The first-order valence-corrected chi connectivity index (χ1v) is 10.5. The normalized spacial score (nSPS) is 21.2. The Morgan fingerprint density at radius 1 is 1.04 bits per heavy atom. The van der Waals surface area contributed by atoms with Crippen LogP contribution in [0.5, 0.6) is 5.75 Å². The lowest BCUT2D eigenvalue weighted by Gasteiger charge is -2.29. The highest BCUT2D eigenvalue weighted by Crippen LogP contribution is 2.38. The summed E-state index contributed by atoms with van der Waals surface area (Å²) in [4.78, 5) is 11.9. The largest absolute Gasteiger partial charge is 0.534 e. The predicted octanol–water partition coefficient (Wildman–Crippen LogP) is 4.92. The minimum absolute atomic E-state index is 0.205. The molecule has 1 aliphatic rings. The van der Waals surface area contributed by atoms with Gasteiger partial charge in [-0.05, 0) is 76.0 Å². The van der Waals surface area contributed by atoms with Crippen molar-refractivity contribution >= 4 is 16.1 Å². The van der Waals surface area contributed by atoms with E-state index in [1.807, 2.05) is 20.8 Å². The van der Waals surface area contributed by atoms with Gasteiger partial charge >= 0.3 is 21.6 Å². The summed E-state index contributed by atoms with van der Waals surface area (Å²) in [6, 6.07) is 5.62. The highest BCUT2D eigenvalue weighted by Gasteiger charge is 2.48. The molecule has 0 aromatic heterocycles. The maximum atomic E-state index is 12.4. The van der Waals surface area contributed by atoms with E-state index in [9.17, 15) is 26.4 Å². The molecule has 1 aromatic rings. The molecule has 0 bridgehead atoms. The van der Waals surface area contributed by atoms with E-state index < -0.39 is 21.2 Å². The maximum absolute atomic E-state index is 12.4. The van der Waals surface area contributed by atoms with Crippen molar-refractivity contribution in [3.05, 3.63) is 29.8 Å². The van der Waals surface area contributed by atoms with E-state index in [1.165, 1.54) is 12.1 Å². The van der Waals surface area contributed by atoms with Gasteiger partial charge in [-0.3, -0.25) is 4.79 Å². The zero-order chi connectivity index (χ0) is 21.2. The Bertz CT molecular complexity index is 771. The number of esters is 1. The molecule has 0 aliphatic heterocycles. The Labute approximate surface area is 163 Å². The van der Waals surface area contributed by atoms with Crippen molar-refractivity contribution in [3.63, 3.8) is 0 Å². The second-order valence-electron chi connectivity index (χ2n) is 8.06. The molecule has 0 amide bonds. The lowest BCUT2D eigenvalue weighted by molar-refractivity contribution is -0.156. The smallest absolute Gasteiger partial charge is 0.460 e. The number of carbonyl (C=O) groups is 1. The molecule has 158 valence electrons. The highest BCUT2D eigenvalue weighted by atomic mass is 32.2. The zero-order valence-electron chi connectivity index (χ0n) is 16.1. The fourth-order valence-electron chi connectivity index (χ4n) is 3.29. The zero-order valence-corrected chi connectivity index (χ0v) is 16.9. The molecule has 1 aromatic carbocycles. The number of alkyl halides is 3. The van der Waals surface area contributed by atoms with Gasteiger partial charge < -0.3 is 8.92 Å². The molecule has 0 unspecified atom stereocenters. The molecule has 0 saturated heterocycles. The standard InChI is InChI=1S/C19H25F3O5S/c1-18(2,3)26-17(23)12-13-4-6-14(7-5-13)15-8-10-16(11-9-15)27-28(24,25)19(20,21)22/h8-11,13-14H,4-7,12H2,1-3H3. The topological polar surface area (TPSA) is 69.7 Å². The van der Waals surface area contributed by atoms with Crippen LogP contribution in [0.2, 0.25) is 0 Å². The van der Waals surface area contributed by atoms with E-state index >= 15 is 0 Å². The van der Waals surface area contributed by atoms with E-state index in [0.717, 1.165) is 31.2 Å². The Morgan fingerprint density at radius 3 is 2.04 bits per heavy atom. The summed E-state index contributed by atoms with van der Waals surface area (Å²) < 4.78 is 68.6. The molecule has 0 spiro atoms. The monoisotopic (exact) mass is 422 g/mol. The van der Waals surface area contributed by atoms with Crippen LogP contribution in [0.15, 0.2) is 24.3 Å². The van der Waals surface area contributed by atoms with Crippen molar-refractivity contribution < 1.29 is 35.3 Å². The van der Waals surface area contributed by atoms with Gasteiger partial charge in [-0.15, -0.1) is 0 Å². The molecular formula is C19H25F3O5S. The Morgan fingerprint density at radius 2 is 1.57 bits per heavy atom. The summed E-state index contributed by atoms with van der Waals surface area (Å²) in [5, 5.41) is 0. The third-order valence-electron chi connectivity index (χ3n) is 4.56. The van der Waals surface area contributed by atoms with Crippen LogP contribution in [0.4, 0.5) is 13.2 Å². The van der Waals surface area contributed by atoms with Gasteiger partial charge in [-0.25, -0.2) is 0 Å². The summed E-state index contributed by atoms with van der Waals surface area (Å²) in [7, 11) is -5.66. The van der Waals surface area contributed by atoms with Crippen LogP contribution >= 0.6 is 0 Å². The summed E-state index contributed by atoms with van der Waals surface area (Å²) in [6.07, 6.45) is 3.77. The van der Waals surface area contributed by atoms with Gasteiger partial charge in [0, 0.05) is 6.42 Å². The molecule has 1 saturated carbocycles. The van der Waals surface area contributed by atoms with Crippen LogP contribution in [0.25, 0.3) is 0 Å². The maximum Gasteiger partial charge on any atom is 0.534 e. The highest BCUT2D eigenvalue weighted by molar-refractivity contribution is 7.88. The quantitative estimate of drug-likeness (QED) is 0.383.